The third-order valence-electron chi connectivity index (χ3n) is 4.83. The minimum Gasteiger partial charge on any atom is -0.463 e. The van der Waals surface area contributed by atoms with Gasteiger partial charge in [0.05, 0.1) is 33.9 Å². The van der Waals surface area contributed by atoms with Crippen LogP contribution in [0, 0.1) is 6.92 Å². The van der Waals surface area contributed by atoms with Crippen molar-refractivity contribution in [1.82, 2.24) is 19.7 Å². The molecule has 1 aromatic carbocycles. The first-order valence-electron chi connectivity index (χ1n) is 9.23. The van der Waals surface area contributed by atoms with Gasteiger partial charge in [-0.2, -0.15) is 0 Å². The molecule has 0 spiro atoms. The van der Waals surface area contributed by atoms with Gasteiger partial charge in [-0.05, 0) is 44.2 Å². The van der Waals surface area contributed by atoms with Crippen molar-refractivity contribution in [2.45, 2.75) is 20.4 Å². The van der Waals surface area contributed by atoms with E-state index in [9.17, 15) is 4.79 Å². The van der Waals surface area contributed by atoms with E-state index in [1.165, 1.54) is 0 Å². The number of amides is 1. The standard InChI is InChI=1S/C21H17N5O3/c1-3-26-16-8-5-4-7-14(16)23-21(26)24-19(27)13-11-15(17-9-6-10-28-17)22-20-18(13)12(2)25-29-20/h4-11H,3H2,1-2H3,(H,23,24,27). The maximum atomic E-state index is 13.3. The molecule has 4 heterocycles. The molecule has 0 unspecified atom stereocenters. The Morgan fingerprint density at radius 3 is 2.83 bits per heavy atom. The summed E-state index contributed by atoms with van der Waals surface area (Å²) in [7, 11) is 0. The van der Waals surface area contributed by atoms with E-state index >= 15 is 0 Å². The minimum absolute atomic E-state index is 0.283. The van der Waals surface area contributed by atoms with Crippen LogP contribution in [0.15, 0.2) is 57.7 Å². The normalized spacial score (nSPS) is 11.4. The van der Waals surface area contributed by atoms with Crippen LogP contribution in [-0.2, 0) is 6.54 Å². The number of benzene rings is 1. The summed E-state index contributed by atoms with van der Waals surface area (Å²) in [5.41, 5.74) is 3.55. The lowest BCUT2D eigenvalue weighted by molar-refractivity contribution is 0.102. The van der Waals surface area contributed by atoms with Gasteiger partial charge in [0.15, 0.2) is 5.76 Å². The van der Waals surface area contributed by atoms with Crippen molar-refractivity contribution in [3.8, 4) is 11.5 Å². The van der Waals surface area contributed by atoms with Crippen molar-refractivity contribution in [2.24, 2.45) is 0 Å². The zero-order chi connectivity index (χ0) is 20.0. The van der Waals surface area contributed by atoms with Gasteiger partial charge in [-0.25, -0.2) is 9.97 Å². The number of para-hydroxylation sites is 2. The van der Waals surface area contributed by atoms with E-state index in [1.807, 2.05) is 35.8 Å². The molecular formula is C21H17N5O3. The van der Waals surface area contributed by atoms with Crippen LogP contribution in [0.5, 0.6) is 0 Å². The van der Waals surface area contributed by atoms with Gasteiger partial charge in [0.1, 0.15) is 5.69 Å². The third-order valence-corrected chi connectivity index (χ3v) is 4.83. The molecule has 144 valence electrons. The lowest BCUT2D eigenvalue weighted by Gasteiger charge is -2.09. The van der Waals surface area contributed by atoms with Crippen molar-refractivity contribution >= 4 is 34.0 Å². The number of aromatic nitrogens is 4. The Labute approximate surface area is 165 Å². The van der Waals surface area contributed by atoms with E-state index < -0.39 is 0 Å². The first kappa shape index (κ1) is 17.2. The number of hydrogen-bond donors (Lipinski definition) is 1. The number of anilines is 1. The number of imidazole rings is 1. The van der Waals surface area contributed by atoms with Crippen molar-refractivity contribution in [3.05, 3.63) is 60.0 Å². The topological polar surface area (TPSA) is 99.0 Å². The van der Waals surface area contributed by atoms with Gasteiger partial charge in [-0.3, -0.25) is 10.1 Å². The molecule has 0 fully saturated rings. The Bertz CT molecular complexity index is 1350. The highest BCUT2D eigenvalue weighted by molar-refractivity contribution is 6.12. The summed E-state index contributed by atoms with van der Waals surface area (Å²) in [5.74, 6) is 0.703. The number of carbonyl (C=O) groups is 1. The molecule has 0 aliphatic carbocycles. The first-order chi connectivity index (χ1) is 14.2. The van der Waals surface area contributed by atoms with E-state index in [-0.39, 0.29) is 11.6 Å². The number of carbonyl (C=O) groups excluding carboxylic acids is 1. The van der Waals surface area contributed by atoms with Crippen LogP contribution >= 0.6 is 0 Å². The highest BCUT2D eigenvalue weighted by atomic mass is 16.5. The summed E-state index contributed by atoms with van der Waals surface area (Å²) in [6, 6.07) is 13.0. The number of furan rings is 1. The Hall–Kier alpha value is -3.94. The summed E-state index contributed by atoms with van der Waals surface area (Å²) in [6.07, 6.45) is 1.55. The van der Waals surface area contributed by atoms with Crippen molar-refractivity contribution in [2.75, 3.05) is 5.32 Å². The van der Waals surface area contributed by atoms with Crippen LogP contribution in [0.2, 0.25) is 0 Å². The molecule has 29 heavy (non-hydrogen) atoms. The lowest BCUT2D eigenvalue weighted by Crippen LogP contribution is -2.16. The van der Waals surface area contributed by atoms with E-state index in [0.29, 0.717) is 40.6 Å². The van der Waals surface area contributed by atoms with E-state index in [2.05, 4.69) is 20.4 Å². The number of rotatable bonds is 4. The van der Waals surface area contributed by atoms with Gasteiger partial charge < -0.3 is 13.5 Å². The Balaban J connectivity index is 1.62. The van der Waals surface area contributed by atoms with E-state index in [1.54, 1.807) is 31.4 Å². The van der Waals surface area contributed by atoms with Crippen molar-refractivity contribution in [3.63, 3.8) is 0 Å². The Kier molecular flexibility index (Phi) is 3.90. The molecule has 0 aliphatic rings. The van der Waals surface area contributed by atoms with Gasteiger partial charge in [0.2, 0.25) is 5.95 Å². The highest BCUT2D eigenvalue weighted by Crippen LogP contribution is 2.28. The molecule has 4 aromatic heterocycles. The lowest BCUT2D eigenvalue weighted by atomic mass is 10.1. The summed E-state index contributed by atoms with van der Waals surface area (Å²) in [5, 5.41) is 7.47. The van der Waals surface area contributed by atoms with Gasteiger partial charge in [-0.1, -0.05) is 17.3 Å². The molecular weight excluding hydrogens is 370 g/mol. The molecule has 8 nitrogen and oxygen atoms in total. The molecule has 0 bridgehead atoms. The number of hydrogen-bond acceptors (Lipinski definition) is 6. The second kappa shape index (κ2) is 6.59. The zero-order valence-electron chi connectivity index (χ0n) is 15.8. The highest BCUT2D eigenvalue weighted by Gasteiger charge is 2.22. The molecule has 0 saturated carbocycles. The molecule has 8 heteroatoms. The van der Waals surface area contributed by atoms with E-state index in [4.69, 9.17) is 8.94 Å². The number of aryl methyl sites for hydroxylation is 2. The summed E-state index contributed by atoms with van der Waals surface area (Å²) in [4.78, 5) is 22.3. The van der Waals surface area contributed by atoms with Crippen LogP contribution in [0.1, 0.15) is 23.0 Å². The molecule has 0 radical (unpaired) electrons. The van der Waals surface area contributed by atoms with Crippen LogP contribution < -0.4 is 5.32 Å². The summed E-state index contributed by atoms with van der Waals surface area (Å²) in [6.45, 7) is 4.46. The largest absolute Gasteiger partial charge is 0.463 e. The number of pyridine rings is 1. The second-order valence-electron chi connectivity index (χ2n) is 6.60. The van der Waals surface area contributed by atoms with Crippen molar-refractivity contribution < 1.29 is 13.7 Å². The number of fused-ring (bicyclic) bond motifs is 2. The quantitative estimate of drug-likeness (QED) is 0.490. The predicted octanol–water partition coefficient (Wildman–Crippen LogP) is 4.41. The van der Waals surface area contributed by atoms with Crippen LogP contribution in [0.3, 0.4) is 0 Å². The molecule has 0 atom stereocenters. The number of nitrogens with one attached hydrogen (secondary N) is 1. The molecule has 5 rings (SSSR count). The summed E-state index contributed by atoms with van der Waals surface area (Å²) < 4.78 is 12.7. The van der Waals surface area contributed by atoms with Crippen LogP contribution in [-0.4, -0.2) is 25.6 Å². The van der Waals surface area contributed by atoms with Gasteiger partial charge in [0, 0.05) is 6.54 Å². The van der Waals surface area contributed by atoms with Crippen LogP contribution in [0.4, 0.5) is 5.95 Å². The van der Waals surface area contributed by atoms with Gasteiger partial charge in [0.25, 0.3) is 11.6 Å². The molecule has 1 amide bonds. The maximum Gasteiger partial charge on any atom is 0.259 e. The zero-order valence-corrected chi connectivity index (χ0v) is 15.8. The third kappa shape index (κ3) is 2.77. The first-order valence-corrected chi connectivity index (χ1v) is 9.23. The smallest absolute Gasteiger partial charge is 0.259 e. The van der Waals surface area contributed by atoms with Gasteiger partial charge >= 0.3 is 0 Å². The SMILES string of the molecule is CCn1c(NC(=O)c2cc(-c3ccco3)nc3onc(C)c23)nc2ccccc21. The average Bonchev–Trinajstić information content (AvgIpc) is 3.46. The summed E-state index contributed by atoms with van der Waals surface area (Å²) >= 11 is 0. The molecule has 1 N–H and O–H groups in total. The average molecular weight is 387 g/mol. The van der Waals surface area contributed by atoms with Crippen LogP contribution in [0.25, 0.3) is 33.6 Å². The minimum atomic E-state index is -0.318. The van der Waals surface area contributed by atoms with E-state index in [0.717, 1.165) is 11.0 Å². The molecule has 0 saturated heterocycles. The second-order valence-corrected chi connectivity index (χ2v) is 6.60. The Morgan fingerprint density at radius 2 is 2.03 bits per heavy atom. The van der Waals surface area contributed by atoms with Crippen molar-refractivity contribution in [1.29, 1.82) is 0 Å². The monoisotopic (exact) mass is 387 g/mol. The Morgan fingerprint density at radius 1 is 1.17 bits per heavy atom. The predicted molar refractivity (Wildman–Crippen MR) is 108 cm³/mol. The fourth-order valence-corrected chi connectivity index (χ4v) is 3.48. The number of nitrogens with zero attached hydrogens (tertiary/aromatic N) is 4. The molecule has 0 aliphatic heterocycles. The fourth-order valence-electron chi connectivity index (χ4n) is 3.48. The molecule has 5 aromatic rings. The maximum absolute atomic E-state index is 13.3. The van der Waals surface area contributed by atoms with Gasteiger partial charge in [-0.15, -0.1) is 0 Å². The fraction of sp³-hybridized carbons (Fsp3) is 0.143.